The molecule has 0 aliphatic heterocycles. The Kier molecular flexibility index (Phi) is 6.16. The Bertz CT molecular complexity index is 363. The highest BCUT2D eigenvalue weighted by Crippen LogP contribution is 2.14. The van der Waals surface area contributed by atoms with Gasteiger partial charge in [-0.15, -0.1) is 11.6 Å². The first-order valence-electron chi connectivity index (χ1n) is 6.19. The molecular formula is C14H20ClNO2. The Morgan fingerprint density at radius 2 is 2.00 bits per heavy atom. The molecule has 1 aromatic rings. The molecule has 0 saturated carbocycles. The maximum atomic E-state index is 12.1. The summed E-state index contributed by atoms with van der Waals surface area (Å²) < 4.78 is 0. The van der Waals surface area contributed by atoms with E-state index in [1.54, 1.807) is 11.8 Å². The molecule has 1 unspecified atom stereocenters. The van der Waals surface area contributed by atoms with Crippen molar-refractivity contribution in [3.63, 3.8) is 0 Å². The van der Waals surface area contributed by atoms with Crippen LogP contribution in [0.3, 0.4) is 0 Å². The molecule has 2 atom stereocenters. The highest BCUT2D eigenvalue weighted by molar-refractivity contribution is 6.30. The molecule has 0 spiro atoms. The molecule has 0 aliphatic rings. The van der Waals surface area contributed by atoms with Crippen molar-refractivity contribution < 1.29 is 9.90 Å². The Morgan fingerprint density at radius 3 is 2.44 bits per heavy atom. The molecule has 1 rings (SSSR count). The molecule has 0 aromatic heterocycles. The lowest BCUT2D eigenvalue weighted by Gasteiger charge is -2.31. The zero-order valence-electron chi connectivity index (χ0n) is 10.8. The van der Waals surface area contributed by atoms with E-state index >= 15 is 0 Å². The minimum absolute atomic E-state index is 0.0430. The average Bonchev–Trinajstić information content (AvgIpc) is 2.39. The van der Waals surface area contributed by atoms with Gasteiger partial charge in [-0.2, -0.15) is 0 Å². The van der Waals surface area contributed by atoms with Gasteiger partial charge in [-0.3, -0.25) is 4.79 Å². The summed E-state index contributed by atoms with van der Waals surface area (Å²) in [4.78, 5) is 13.7. The summed E-state index contributed by atoms with van der Waals surface area (Å²) in [5, 5.41) is 8.79. The molecule has 1 amide bonds. The first-order chi connectivity index (χ1) is 8.60. The molecule has 100 valence electrons. The van der Waals surface area contributed by atoms with E-state index in [0.717, 1.165) is 5.56 Å². The van der Waals surface area contributed by atoms with E-state index in [4.69, 9.17) is 11.6 Å². The minimum Gasteiger partial charge on any atom is -0.394 e. The number of carbonyl (C=O) groups is 1. The van der Waals surface area contributed by atoms with Crippen LogP contribution in [0, 0.1) is 0 Å². The van der Waals surface area contributed by atoms with Gasteiger partial charge in [0.1, 0.15) is 5.38 Å². The highest BCUT2D eigenvalue weighted by Gasteiger charge is 2.24. The number of amides is 1. The second kappa shape index (κ2) is 7.39. The molecular weight excluding hydrogens is 250 g/mol. The Labute approximate surface area is 113 Å². The van der Waals surface area contributed by atoms with Crippen LogP contribution in [-0.4, -0.2) is 33.9 Å². The van der Waals surface area contributed by atoms with Gasteiger partial charge in [-0.05, 0) is 18.9 Å². The third-order valence-corrected chi connectivity index (χ3v) is 3.13. The van der Waals surface area contributed by atoms with E-state index in [-0.39, 0.29) is 18.6 Å². The number of rotatable bonds is 6. The van der Waals surface area contributed by atoms with Gasteiger partial charge in [-0.25, -0.2) is 0 Å². The zero-order valence-corrected chi connectivity index (χ0v) is 11.6. The average molecular weight is 270 g/mol. The molecule has 0 heterocycles. The molecule has 3 nitrogen and oxygen atoms in total. The van der Waals surface area contributed by atoms with Crippen molar-refractivity contribution in [1.29, 1.82) is 0 Å². The van der Waals surface area contributed by atoms with Crippen molar-refractivity contribution in [1.82, 2.24) is 4.90 Å². The zero-order chi connectivity index (χ0) is 13.5. The van der Waals surface area contributed by atoms with Crippen LogP contribution in [0.1, 0.15) is 25.8 Å². The largest absolute Gasteiger partial charge is 0.394 e. The van der Waals surface area contributed by atoms with Crippen molar-refractivity contribution in [3.8, 4) is 0 Å². The molecule has 4 heteroatoms. The van der Waals surface area contributed by atoms with Gasteiger partial charge < -0.3 is 10.0 Å². The molecule has 0 fully saturated rings. The molecule has 0 aliphatic carbocycles. The number of aliphatic hydroxyl groups is 1. The normalized spacial score (nSPS) is 14.0. The summed E-state index contributed by atoms with van der Waals surface area (Å²) >= 11 is 5.87. The van der Waals surface area contributed by atoms with Crippen LogP contribution in [0.2, 0.25) is 0 Å². The molecule has 18 heavy (non-hydrogen) atoms. The van der Waals surface area contributed by atoms with Gasteiger partial charge in [0.15, 0.2) is 0 Å². The summed E-state index contributed by atoms with van der Waals surface area (Å²) in [6, 6.07) is 9.54. The van der Waals surface area contributed by atoms with Crippen LogP contribution >= 0.6 is 11.6 Å². The van der Waals surface area contributed by atoms with Crippen molar-refractivity contribution in [2.75, 3.05) is 6.61 Å². The summed E-state index contributed by atoms with van der Waals surface area (Å²) in [6.07, 6.45) is 0.707. The van der Waals surface area contributed by atoms with Gasteiger partial charge in [-0.1, -0.05) is 37.3 Å². The molecule has 0 saturated heterocycles. The number of aliphatic hydroxyl groups excluding tert-OH is 1. The van der Waals surface area contributed by atoms with Crippen molar-refractivity contribution >= 4 is 17.5 Å². The van der Waals surface area contributed by atoms with E-state index in [1.165, 1.54) is 0 Å². The monoisotopic (exact) mass is 269 g/mol. The second-order valence-electron chi connectivity index (χ2n) is 4.31. The summed E-state index contributed by atoms with van der Waals surface area (Å²) in [5.74, 6) is -0.138. The smallest absolute Gasteiger partial charge is 0.240 e. The SMILES string of the molecule is CC[C@H](CO)N(Cc1ccccc1)C(=O)C(C)Cl. The van der Waals surface area contributed by atoms with Crippen LogP contribution in [0.15, 0.2) is 30.3 Å². The van der Waals surface area contributed by atoms with E-state index in [9.17, 15) is 9.90 Å². The summed E-state index contributed by atoms with van der Waals surface area (Å²) in [6.45, 7) is 4.05. The number of nitrogens with zero attached hydrogens (tertiary/aromatic N) is 1. The fraction of sp³-hybridized carbons (Fsp3) is 0.500. The third kappa shape index (κ3) is 4.00. The number of hydrogen-bond acceptors (Lipinski definition) is 2. The topological polar surface area (TPSA) is 40.5 Å². The first-order valence-corrected chi connectivity index (χ1v) is 6.63. The van der Waals surface area contributed by atoms with Crippen molar-refractivity contribution in [2.24, 2.45) is 0 Å². The number of benzene rings is 1. The van der Waals surface area contributed by atoms with Gasteiger partial charge in [0.2, 0.25) is 5.91 Å². The fourth-order valence-electron chi connectivity index (χ4n) is 1.84. The maximum absolute atomic E-state index is 12.1. The molecule has 0 radical (unpaired) electrons. The van der Waals surface area contributed by atoms with Gasteiger partial charge in [0, 0.05) is 6.54 Å². The van der Waals surface area contributed by atoms with Crippen LogP contribution in [0.5, 0.6) is 0 Å². The fourth-order valence-corrected chi connectivity index (χ4v) is 1.97. The lowest BCUT2D eigenvalue weighted by molar-refractivity contribution is -0.134. The maximum Gasteiger partial charge on any atom is 0.240 e. The van der Waals surface area contributed by atoms with Crippen molar-refractivity contribution in [2.45, 2.75) is 38.2 Å². The van der Waals surface area contributed by atoms with Gasteiger partial charge in [0.25, 0.3) is 0 Å². The molecule has 0 bridgehead atoms. The summed E-state index contributed by atoms with van der Waals surface area (Å²) in [7, 11) is 0. The van der Waals surface area contributed by atoms with E-state index < -0.39 is 5.38 Å². The van der Waals surface area contributed by atoms with Crippen LogP contribution in [0.4, 0.5) is 0 Å². The Hall–Kier alpha value is -1.06. The van der Waals surface area contributed by atoms with Crippen molar-refractivity contribution in [3.05, 3.63) is 35.9 Å². The van der Waals surface area contributed by atoms with Crippen LogP contribution in [0.25, 0.3) is 0 Å². The van der Waals surface area contributed by atoms with Gasteiger partial charge in [0.05, 0.1) is 12.6 Å². The lowest BCUT2D eigenvalue weighted by Crippen LogP contribution is -2.44. The number of hydrogen-bond donors (Lipinski definition) is 1. The number of alkyl halides is 1. The number of halogens is 1. The Balaban J connectivity index is 2.87. The highest BCUT2D eigenvalue weighted by atomic mass is 35.5. The lowest BCUT2D eigenvalue weighted by atomic mass is 10.1. The van der Waals surface area contributed by atoms with Gasteiger partial charge >= 0.3 is 0 Å². The van der Waals surface area contributed by atoms with E-state index in [0.29, 0.717) is 13.0 Å². The number of carbonyl (C=O) groups excluding carboxylic acids is 1. The van der Waals surface area contributed by atoms with E-state index in [1.807, 2.05) is 37.3 Å². The second-order valence-corrected chi connectivity index (χ2v) is 4.97. The standard InChI is InChI=1S/C14H20ClNO2/c1-3-13(10-17)16(14(18)11(2)15)9-12-7-5-4-6-8-12/h4-8,11,13,17H,3,9-10H2,1-2H3/t11?,13-/m1/s1. The predicted octanol–water partition coefficient (Wildman–Crippen LogP) is 2.41. The molecule has 1 aromatic carbocycles. The Morgan fingerprint density at radius 1 is 1.39 bits per heavy atom. The van der Waals surface area contributed by atoms with E-state index in [2.05, 4.69) is 0 Å². The molecule has 1 N–H and O–H groups in total. The predicted molar refractivity (Wildman–Crippen MR) is 73.5 cm³/mol. The minimum atomic E-state index is -0.575. The summed E-state index contributed by atoms with van der Waals surface area (Å²) in [5.41, 5.74) is 1.04. The third-order valence-electron chi connectivity index (χ3n) is 2.94. The first kappa shape index (κ1) is 15.0. The van der Waals surface area contributed by atoms with Crippen LogP contribution < -0.4 is 0 Å². The van der Waals surface area contributed by atoms with Crippen LogP contribution in [-0.2, 0) is 11.3 Å². The quantitative estimate of drug-likeness (QED) is 0.806.